The van der Waals surface area contributed by atoms with Crippen LogP contribution in [-0.2, 0) is 9.47 Å². The van der Waals surface area contributed by atoms with E-state index in [2.05, 4.69) is 15.3 Å². The summed E-state index contributed by atoms with van der Waals surface area (Å²) in [6.07, 6.45) is 1.54. The van der Waals surface area contributed by atoms with Crippen LogP contribution in [0, 0.1) is 13.8 Å². The van der Waals surface area contributed by atoms with Crippen molar-refractivity contribution in [2.45, 2.75) is 13.8 Å². The molecule has 0 radical (unpaired) electrons. The Morgan fingerprint density at radius 2 is 1.67 bits per heavy atom. The lowest BCUT2D eigenvalue weighted by Gasteiger charge is -2.09. The van der Waals surface area contributed by atoms with Gasteiger partial charge in [0, 0.05) is 11.1 Å². The topological polar surface area (TPSA) is 121 Å². The van der Waals surface area contributed by atoms with Crippen LogP contribution in [0.1, 0.15) is 41.6 Å². The van der Waals surface area contributed by atoms with Crippen molar-refractivity contribution >= 4 is 45.1 Å². The smallest absolute Gasteiger partial charge is 0.337 e. The highest BCUT2D eigenvalue weighted by molar-refractivity contribution is 7.20. The number of nitrogens with one attached hydrogen (secondary N) is 1. The predicted octanol–water partition coefficient (Wildman–Crippen LogP) is 4.39. The largest absolute Gasteiger partial charge is 0.465 e. The zero-order chi connectivity index (χ0) is 23.7. The normalized spacial score (nSPS) is 10.8. The molecule has 33 heavy (non-hydrogen) atoms. The maximum atomic E-state index is 13.1. The van der Waals surface area contributed by atoms with E-state index in [1.165, 1.54) is 43.8 Å². The molecule has 0 unspecified atom stereocenters. The summed E-state index contributed by atoms with van der Waals surface area (Å²) in [5.74, 6) is -0.734. The first-order valence-corrected chi connectivity index (χ1v) is 10.6. The number of esters is 2. The second kappa shape index (κ2) is 8.83. The number of carbonyl (C=O) groups is 3. The fraction of sp³-hybridized carbons (Fsp3) is 0.174. The minimum atomic E-state index is -0.648. The minimum Gasteiger partial charge on any atom is -0.465 e. The fourth-order valence-corrected chi connectivity index (χ4v) is 4.56. The van der Waals surface area contributed by atoms with Crippen molar-refractivity contribution in [1.82, 2.24) is 9.97 Å². The predicted molar refractivity (Wildman–Crippen MR) is 122 cm³/mol. The number of thiophene rings is 1. The average molecular weight is 465 g/mol. The highest BCUT2D eigenvalue weighted by Gasteiger charge is 2.21. The number of methoxy groups -OCH3 is 2. The Labute approximate surface area is 192 Å². The van der Waals surface area contributed by atoms with Crippen LogP contribution in [0.15, 0.2) is 41.0 Å². The van der Waals surface area contributed by atoms with Crippen molar-refractivity contribution in [2.75, 3.05) is 19.5 Å². The third-order valence-electron chi connectivity index (χ3n) is 4.95. The zero-order valence-electron chi connectivity index (χ0n) is 18.2. The molecule has 4 aromatic rings. The van der Waals surface area contributed by atoms with Gasteiger partial charge in [0.15, 0.2) is 11.6 Å². The fourth-order valence-electron chi connectivity index (χ4n) is 3.43. The van der Waals surface area contributed by atoms with Crippen LogP contribution in [0.5, 0.6) is 0 Å². The molecule has 1 aromatic carbocycles. The first-order chi connectivity index (χ1) is 15.8. The van der Waals surface area contributed by atoms with Crippen molar-refractivity contribution < 1.29 is 28.3 Å². The van der Waals surface area contributed by atoms with Crippen LogP contribution in [0.25, 0.3) is 21.8 Å². The standard InChI is InChI=1S/C23H19N3O6S/c1-11-17-12(2)24-19(16-6-5-7-32-16)26-21(17)33-18(11)20(27)25-15-9-13(22(28)30-3)8-14(10-15)23(29)31-4/h5-10H,1-4H3,(H,25,27). The maximum Gasteiger partial charge on any atom is 0.337 e. The van der Waals surface area contributed by atoms with Crippen LogP contribution < -0.4 is 5.32 Å². The third-order valence-corrected chi connectivity index (χ3v) is 6.14. The van der Waals surface area contributed by atoms with Gasteiger partial charge in [-0.1, -0.05) is 0 Å². The Bertz CT molecular complexity index is 1360. The van der Waals surface area contributed by atoms with Crippen molar-refractivity contribution in [2.24, 2.45) is 0 Å². The van der Waals surface area contributed by atoms with Crippen molar-refractivity contribution in [3.8, 4) is 11.6 Å². The van der Waals surface area contributed by atoms with E-state index in [0.29, 0.717) is 21.3 Å². The molecule has 9 nitrogen and oxygen atoms in total. The van der Waals surface area contributed by atoms with E-state index in [0.717, 1.165) is 16.6 Å². The number of furan rings is 1. The molecule has 1 N–H and O–H groups in total. The van der Waals surface area contributed by atoms with Gasteiger partial charge >= 0.3 is 11.9 Å². The SMILES string of the molecule is COC(=O)c1cc(NC(=O)c2sc3nc(-c4ccco4)nc(C)c3c2C)cc(C(=O)OC)c1. The van der Waals surface area contributed by atoms with Gasteiger partial charge in [0.25, 0.3) is 5.91 Å². The van der Waals surface area contributed by atoms with Gasteiger partial charge in [-0.2, -0.15) is 0 Å². The summed E-state index contributed by atoms with van der Waals surface area (Å²) in [4.78, 5) is 47.3. The Morgan fingerprint density at radius 1 is 1.00 bits per heavy atom. The van der Waals surface area contributed by atoms with E-state index in [4.69, 9.17) is 13.9 Å². The minimum absolute atomic E-state index is 0.105. The number of benzene rings is 1. The summed E-state index contributed by atoms with van der Waals surface area (Å²) in [6, 6.07) is 7.72. The average Bonchev–Trinajstić information content (AvgIpc) is 3.46. The number of nitrogens with zero attached hydrogens (tertiary/aromatic N) is 2. The number of fused-ring (bicyclic) bond motifs is 1. The summed E-state index contributed by atoms with van der Waals surface area (Å²) in [7, 11) is 2.46. The van der Waals surface area contributed by atoms with Crippen molar-refractivity contribution in [1.29, 1.82) is 0 Å². The van der Waals surface area contributed by atoms with Gasteiger partial charge in [0.1, 0.15) is 4.83 Å². The molecule has 168 valence electrons. The monoisotopic (exact) mass is 465 g/mol. The summed E-state index contributed by atoms with van der Waals surface area (Å²) in [5.41, 5.74) is 1.91. The highest BCUT2D eigenvalue weighted by atomic mass is 32.1. The molecule has 0 aliphatic heterocycles. The van der Waals surface area contributed by atoms with E-state index in [9.17, 15) is 14.4 Å². The molecule has 0 saturated heterocycles. The van der Waals surface area contributed by atoms with Gasteiger partial charge in [0.05, 0.1) is 42.2 Å². The lowest BCUT2D eigenvalue weighted by molar-refractivity contribution is 0.0599. The number of hydrogen-bond donors (Lipinski definition) is 1. The van der Waals surface area contributed by atoms with Crippen LogP contribution in [0.4, 0.5) is 5.69 Å². The quantitative estimate of drug-likeness (QED) is 0.431. The number of carbonyl (C=O) groups excluding carboxylic acids is 3. The van der Waals surface area contributed by atoms with Gasteiger partial charge in [-0.15, -0.1) is 11.3 Å². The molecule has 0 aliphatic carbocycles. The van der Waals surface area contributed by atoms with Gasteiger partial charge in [-0.05, 0) is 49.7 Å². The molecule has 1 amide bonds. The maximum absolute atomic E-state index is 13.1. The molecular weight excluding hydrogens is 446 g/mol. The Hall–Kier alpha value is -4.05. The molecule has 0 saturated carbocycles. The van der Waals surface area contributed by atoms with Crippen molar-refractivity contribution in [3.63, 3.8) is 0 Å². The zero-order valence-corrected chi connectivity index (χ0v) is 19.0. The molecule has 10 heteroatoms. The summed E-state index contributed by atoms with van der Waals surface area (Å²) >= 11 is 1.22. The Morgan fingerprint density at radius 3 is 2.24 bits per heavy atom. The molecule has 3 heterocycles. The first-order valence-electron chi connectivity index (χ1n) is 9.77. The number of aryl methyl sites for hydroxylation is 2. The van der Waals surface area contributed by atoms with Crippen LogP contribution in [0.3, 0.4) is 0 Å². The molecule has 0 atom stereocenters. The number of amides is 1. The van der Waals surface area contributed by atoms with E-state index >= 15 is 0 Å². The molecule has 0 spiro atoms. The van der Waals surface area contributed by atoms with Gasteiger partial charge in [-0.25, -0.2) is 19.6 Å². The molecule has 4 rings (SSSR count). The molecule has 0 bridgehead atoms. The van der Waals surface area contributed by atoms with E-state index in [-0.39, 0.29) is 16.8 Å². The van der Waals surface area contributed by atoms with Crippen LogP contribution >= 0.6 is 11.3 Å². The second-order valence-corrected chi connectivity index (χ2v) is 8.08. The number of rotatable bonds is 5. The molecular formula is C23H19N3O6S. The van der Waals surface area contributed by atoms with Gasteiger partial charge < -0.3 is 19.2 Å². The van der Waals surface area contributed by atoms with Gasteiger partial charge in [0.2, 0.25) is 0 Å². The highest BCUT2D eigenvalue weighted by Crippen LogP contribution is 2.33. The number of ether oxygens (including phenoxy) is 2. The van der Waals surface area contributed by atoms with E-state index in [1.807, 2.05) is 13.8 Å². The van der Waals surface area contributed by atoms with Gasteiger partial charge in [-0.3, -0.25) is 4.79 Å². The Balaban J connectivity index is 1.72. The number of hydrogen-bond acceptors (Lipinski definition) is 9. The molecule has 3 aromatic heterocycles. The number of anilines is 1. The first kappa shape index (κ1) is 22.2. The van der Waals surface area contributed by atoms with Crippen molar-refractivity contribution in [3.05, 3.63) is 63.9 Å². The molecule has 0 aliphatic rings. The lowest BCUT2D eigenvalue weighted by atomic mass is 10.1. The van der Waals surface area contributed by atoms with Crippen LogP contribution in [0.2, 0.25) is 0 Å². The summed E-state index contributed by atoms with van der Waals surface area (Å²) in [6.45, 7) is 3.67. The van der Waals surface area contributed by atoms with E-state index in [1.54, 1.807) is 18.4 Å². The second-order valence-electron chi connectivity index (χ2n) is 7.08. The summed E-state index contributed by atoms with van der Waals surface area (Å²) < 4.78 is 14.9. The molecule has 0 fully saturated rings. The van der Waals surface area contributed by atoms with E-state index < -0.39 is 17.8 Å². The summed E-state index contributed by atoms with van der Waals surface area (Å²) in [5, 5.41) is 3.54. The Kier molecular flexibility index (Phi) is 5.93. The third kappa shape index (κ3) is 4.20. The number of aromatic nitrogens is 2. The van der Waals surface area contributed by atoms with Crippen LogP contribution in [-0.4, -0.2) is 42.0 Å². The lowest BCUT2D eigenvalue weighted by Crippen LogP contribution is -2.14.